The molecule has 1 atom stereocenters. The van der Waals surface area contributed by atoms with Gasteiger partial charge < -0.3 is 4.74 Å². The number of aliphatic imine (C=N–C) groups is 1. The second-order valence-electron chi connectivity index (χ2n) is 4.60. The Morgan fingerprint density at radius 2 is 2.00 bits per heavy atom. The largest absolute Gasteiger partial charge is 0.422 e. The van der Waals surface area contributed by atoms with Gasteiger partial charge in [0.05, 0.1) is 11.4 Å². The molecule has 110 valence electrons. The van der Waals surface area contributed by atoms with Crippen molar-refractivity contribution in [2.75, 3.05) is 0 Å². The topological polar surface area (TPSA) is 63.9 Å². The molecule has 2 aromatic rings. The Morgan fingerprint density at radius 3 is 2.73 bits per heavy atom. The van der Waals surface area contributed by atoms with Crippen LogP contribution < -0.4 is 4.74 Å². The summed E-state index contributed by atoms with van der Waals surface area (Å²) in [4.78, 5) is 20.8. The van der Waals surface area contributed by atoms with Gasteiger partial charge in [-0.1, -0.05) is 30.3 Å². The summed E-state index contributed by atoms with van der Waals surface area (Å²) in [7, 11) is 0. The molecule has 0 saturated carbocycles. The van der Waals surface area contributed by atoms with Gasteiger partial charge in [0.1, 0.15) is 11.5 Å². The number of amidine groups is 1. The van der Waals surface area contributed by atoms with Gasteiger partial charge in [-0.15, -0.1) is 0 Å². The summed E-state index contributed by atoms with van der Waals surface area (Å²) in [5.74, 6) is 0.425. The molecule has 0 amide bonds. The molecule has 5 nitrogen and oxygen atoms in total. The van der Waals surface area contributed by atoms with E-state index in [-0.39, 0.29) is 17.1 Å². The summed E-state index contributed by atoms with van der Waals surface area (Å²) in [6.45, 7) is 1.90. The molecule has 1 aromatic heterocycles. The van der Waals surface area contributed by atoms with E-state index in [0.29, 0.717) is 17.0 Å². The zero-order valence-corrected chi connectivity index (χ0v) is 12.7. The van der Waals surface area contributed by atoms with Crippen molar-refractivity contribution < 1.29 is 9.53 Å². The van der Waals surface area contributed by atoms with Crippen molar-refractivity contribution in [3.05, 3.63) is 60.4 Å². The molecular weight excluding hydrogens is 298 g/mol. The predicted octanol–water partition coefficient (Wildman–Crippen LogP) is 3.19. The van der Waals surface area contributed by atoms with Gasteiger partial charge in [-0.3, -0.25) is 9.78 Å². The van der Waals surface area contributed by atoms with E-state index in [1.165, 1.54) is 11.9 Å². The molecular formula is C16H13N3O2S. The first-order chi connectivity index (χ1) is 10.7. The smallest absolute Gasteiger partial charge is 0.329 e. The lowest BCUT2D eigenvalue weighted by molar-refractivity contribution is 0.106. The number of ketones is 1. The fraction of sp³-hybridized carbons (Fsp3) is 0.125. The first-order valence-electron chi connectivity index (χ1n) is 6.74. The second kappa shape index (κ2) is 6.53. The fourth-order valence-corrected chi connectivity index (χ4v) is 2.50. The zero-order valence-electron chi connectivity index (χ0n) is 11.8. The summed E-state index contributed by atoms with van der Waals surface area (Å²) in [5.41, 5.74) is 1.04. The van der Waals surface area contributed by atoms with Crippen LogP contribution >= 0.6 is 11.9 Å². The third kappa shape index (κ3) is 3.23. The van der Waals surface area contributed by atoms with Gasteiger partial charge in [0.25, 0.3) is 0 Å². The van der Waals surface area contributed by atoms with Crippen molar-refractivity contribution in [1.29, 1.82) is 0 Å². The summed E-state index contributed by atoms with van der Waals surface area (Å²) in [6, 6.07) is 12.8. The van der Waals surface area contributed by atoms with Gasteiger partial charge in [0, 0.05) is 11.8 Å². The summed E-state index contributed by atoms with van der Waals surface area (Å²) in [6.07, 6.45) is 3.22. The number of benzene rings is 1. The molecule has 0 unspecified atom stereocenters. The zero-order chi connectivity index (χ0) is 15.4. The predicted molar refractivity (Wildman–Crippen MR) is 87.6 cm³/mol. The number of carbonyl (C=O) groups is 1. The van der Waals surface area contributed by atoms with Crippen LogP contribution in [0.4, 0.5) is 0 Å². The minimum atomic E-state index is -0.117. The number of rotatable bonds is 3. The van der Waals surface area contributed by atoms with Crippen LogP contribution in [0.2, 0.25) is 0 Å². The SMILES string of the molecule is C[C@@H]1SN=C(Oc2cccnc2)N=C1C(=O)c1ccccc1. The lowest BCUT2D eigenvalue weighted by atomic mass is 10.1. The Bertz CT molecular complexity index is 730. The molecule has 0 radical (unpaired) electrons. The van der Waals surface area contributed by atoms with Crippen LogP contribution in [0, 0.1) is 0 Å². The van der Waals surface area contributed by atoms with E-state index in [0.717, 1.165) is 0 Å². The van der Waals surface area contributed by atoms with Gasteiger partial charge in [-0.05, 0) is 31.0 Å². The highest BCUT2D eigenvalue weighted by Gasteiger charge is 2.26. The number of ether oxygens (including phenoxy) is 1. The van der Waals surface area contributed by atoms with Crippen molar-refractivity contribution in [3.8, 4) is 5.75 Å². The molecule has 22 heavy (non-hydrogen) atoms. The van der Waals surface area contributed by atoms with Gasteiger partial charge in [-0.25, -0.2) is 0 Å². The number of aromatic nitrogens is 1. The minimum absolute atomic E-state index is 0.109. The molecule has 0 bridgehead atoms. The van der Waals surface area contributed by atoms with Crippen molar-refractivity contribution in [1.82, 2.24) is 4.98 Å². The van der Waals surface area contributed by atoms with Crippen molar-refractivity contribution >= 4 is 29.5 Å². The van der Waals surface area contributed by atoms with Crippen LogP contribution in [0.3, 0.4) is 0 Å². The van der Waals surface area contributed by atoms with Crippen molar-refractivity contribution in [3.63, 3.8) is 0 Å². The van der Waals surface area contributed by atoms with Crippen LogP contribution in [0.15, 0.2) is 64.2 Å². The third-order valence-electron chi connectivity index (χ3n) is 3.00. The monoisotopic (exact) mass is 311 g/mol. The van der Waals surface area contributed by atoms with Gasteiger partial charge in [0.15, 0.2) is 0 Å². The van der Waals surface area contributed by atoms with Crippen LogP contribution in [0.5, 0.6) is 5.75 Å². The molecule has 0 fully saturated rings. The Morgan fingerprint density at radius 1 is 1.18 bits per heavy atom. The molecule has 0 N–H and O–H groups in total. The Hall–Kier alpha value is -2.47. The highest BCUT2D eigenvalue weighted by molar-refractivity contribution is 7.99. The van der Waals surface area contributed by atoms with Crippen LogP contribution in [-0.4, -0.2) is 27.8 Å². The van der Waals surface area contributed by atoms with E-state index in [2.05, 4.69) is 14.4 Å². The van der Waals surface area contributed by atoms with E-state index in [9.17, 15) is 4.79 Å². The summed E-state index contributed by atoms with van der Waals surface area (Å²) in [5, 5.41) is -0.117. The molecule has 2 heterocycles. The maximum absolute atomic E-state index is 12.5. The number of hydrogen-bond donors (Lipinski definition) is 0. The highest BCUT2D eigenvalue weighted by atomic mass is 32.2. The summed E-state index contributed by atoms with van der Waals surface area (Å²) < 4.78 is 9.72. The van der Waals surface area contributed by atoms with Crippen LogP contribution in [0.1, 0.15) is 17.3 Å². The van der Waals surface area contributed by atoms with Crippen LogP contribution in [-0.2, 0) is 0 Å². The number of nitrogens with zero attached hydrogens (tertiary/aromatic N) is 3. The highest BCUT2D eigenvalue weighted by Crippen LogP contribution is 2.22. The Labute approximate surface area is 132 Å². The maximum Gasteiger partial charge on any atom is 0.329 e. The van der Waals surface area contributed by atoms with E-state index in [1.54, 1.807) is 36.7 Å². The third-order valence-corrected chi connectivity index (χ3v) is 3.80. The molecule has 0 aliphatic carbocycles. The van der Waals surface area contributed by atoms with Gasteiger partial charge >= 0.3 is 6.02 Å². The van der Waals surface area contributed by atoms with Crippen LogP contribution in [0.25, 0.3) is 0 Å². The van der Waals surface area contributed by atoms with Gasteiger partial charge in [0.2, 0.25) is 5.78 Å². The first kappa shape index (κ1) is 14.5. The molecule has 1 aromatic carbocycles. The molecule has 6 heteroatoms. The molecule has 3 rings (SSSR count). The average molecular weight is 311 g/mol. The first-order valence-corrected chi connectivity index (χ1v) is 7.58. The molecule has 0 spiro atoms. The summed E-state index contributed by atoms with van der Waals surface area (Å²) >= 11 is 1.27. The van der Waals surface area contributed by atoms with E-state index < -0.39 is 0 Å². The van der Waals surface area contributed by atoms with Gasteiger partial charge in [-0.2, -0.15) is 9.39 Å². The Kier molecular flexibility index (Phi) is 4.29. The number of carbonyl (C=O) groups excluding carboxylic acids is 1. The standard InChI is InChI=1S/C16H13N3O2S/c1-11-14(15(20)12-6-3-2-4-7-12)18-16(19-22-11)21-13-8-5-9-17-10-13/h2-11H,1H3/t11-/m0/s1. The lowest BCUT2D eigenvalue weighted by Crippen LogP contribution is -2.29. The van der Waals surface area contributed by atoms with E-state index in [4.69, 9.17) is 4.74 Å². The number of hydrogen-bond acceptors (Lipinski definition) is 6. The average Bonchev–Trinajstić information content (AvgIpc) is 2.58. The fourth-order valence-electron chi connectivity index (χ4n) is 1.92. The van der Waals surface area contributed by atoms with E-state index in [1.807, 2.05) is 25.1 Å². The van der Waals surface area contributed by atoms with Crippen molar-refractivity contribution in [2.45, 2.75) is 12.2 Å². The van der Waals surface area contributed by atoms with E-state index >= 15 is 0 Å². The minimum Gasteiger partial charge on any atom is -0.422 e. The maximum atomic E-state index is 12.5. The Balaban J connectivity index is 1.84. The lowest BCUT2D eigenvalue weighted by Gasteiger charge is -2.16. The quantitative estimate of drug-likeness (QED) is 0.645. The molecule has 1 aliphatic rings. The second-order valence-corrected chi connectivity index (χ2v) is 5.70. The normalized spacial score (nSPS) is 17.4. The number of Topliss-reactive ketones (excluding diaryl/α,β-unsaturated/α-hetero) is 1. The van der Waals surface area contributed by atoms with Crippen molar-refractivity contribution in [2.24, 2.45) is 9.39 Å². The molecule has 0 saturated heterocycles. The molecule has 1 aliphatic heterocycles. The number of pyridine rings is 1.